The SMILES string of the molecule is C=CCN=c1scc(-c2ccc(F)cc2)n1N=C1CCCC1. The maximum Gasteiger partial charge on any atom is 0.206 e. The van der Waals surface area contributed by atoms with Crippen molar-refractivity contribution in [2.75, 3.05) is 6.54 Å². The average molecular weight is 315 g/mol. The number of aromatic nitrogens is 1. The van der Waals surface area contributed by atoms with Gasteiger partial charge in [0.05, 0.1) is 12.2 Å². The second-order valence-electron chi connectivity index (χ2n) is 5.22. The molecule has 0 aliphatic heterocycles. The third-order valence-electron chi connectivity index (χ3n) is 3.60. The van der Waals surface area contributed by atoms with Crippen LogP contribution in [0.2, 0.25) is 0 Å². The lowest BCUT2D eigenvalue weighted by Gasteiger charge is -2.05. The van der Waals surface area contributed by atoms with E-state index in [2.05, 4.69) is 11.6 Å². The minimum atomic E-state index is -0.232. The number of thiazole rings is 1. The van der Waals surface area contributed by atoms with Gasteiger partial charge in [-0.25, -0.2) is 9.07 Å². The van der Waals surface area contributed by atoms with Crippen molar-refractivity contribution in [2.24, 2.45) is 10.1 Å². The van der Waals surface area contributed by atoms with Crippen molar-refractivity contribution in [1.82, 2.24) is 4.68 Å². The Bertz CT molecular complexity index is 745. The molecule has 0 amide bonds. The van der Waals surface area contributed by atoms with Gasteiger partial charge < -0.3 is 0 Å². The summed E-state index contributed by atoms with van der Waals surface area (Å²) in [5.74, 6) is -0.232. The van der Waals surface area contributed by atoms with Gasteiger partial charge in [-0.1, -0.05) is 6.08 Å². The molecule has 1 aliphatic carbocycles. The highest BCUT2D eigenvalue weighted by Gasteiger charge is 2.12. The molecule has 1 heterocycles. The lowest BCUT2D eigenvalue weighted by Crippen LogP contribution is -2.14. The van der Waals surface area contributed by atoms with E-state index in [4.69, 9.17) is 5.10 Å². The maximum absolute atomic E-state index is 13.1. The number of hydrogen-bond acceptors (Lipinski definition) is 3. The summed E-state index contributed by atoms with van der Waals surface area (Å²) in [7, 11) is 0. The average Bonchev–Trinajstić information content (AvgIpc) is 3.17. The predicted octanol–water partition coefficient (Wildman–Crippen LogP) is 4.22. The molecule has 3 nitrogen and oxygen atoms in total. The van der Waals surface area contributed by atoms with Crippen molar-refractivity contribution in [3.63, 3.8) is 0 Å². The fourth-order valence-electron chi connectivity index (χ4n) is 2.49. The summed E-state index contributed by atoms with van der Waals surface area (Å²) in [6.45, 7) is 4.27. The van der Waals surface area contributed by atoms with E-state index in [1.165, 1.54) is 30.7 Å². The van der Waals surface area contributed by atoms with Gasteiger partial charge in [0, 0.05) is 16.7 Å². The van der Waals surface area contributed by atoms with Crippen LogP contribution in [-0.2, 0) is 0 Å². The van der Waals surface area contributed by atoms with Crippen LogP contribution < -0.4 is 4.80 Å². The van der Waals surface area contributed by atoms with E-state index in [-0.39, 0.29) is 5.82 Å². The summed E-state index contributed by atoms with van der Waals surface area (Å²) in [5, 5.41) is 6.81. The van der Waals surface area contributed by atoms with Crippen molar-refractivity contribution in [2.45, 2.75) is 25.7 Å². The molecule has 1 fully saturated rings. The highest BCUT2D eigenvalue weighted by atomic mass is 32.1. The summed E-state index contributed by atoms with van der Waals surface area (Å²) < 4.78 is 15.0. The molecule has 3 rings (SSSR count). The molecule has 22 heavy (non-hydrogen) atoms. The molecule has 0 saturated heterocycles. The van der Waals surface area contributed by atoms with Crippen LogP contribution in [0.5, 0.6) is 0 Å². The summed E-state index contributed by atoms with van der Waals surface area (Å²) in [6, 6.07) is 6.50. The van der Waals surface area contributed by atoms with E-state index >= 15 is 0 Å². The highest BCUT2D eigenvalue weighted by Crippen LogP contribution is 2.22. The van der Waals surface area contributed by atoms with E-state index in [1.54, 1.807) is 29.5 Å². The number of hydrogen-bond donors (Lipinski definition) is 0. The third kappa shape index (κ3) is 3.25. The first kappa shape index (κ1) is 14.9. The fourth-order valence-corrected chi connectivity index (χ4v) is 3.33. The molecule has 0 atom stereocenters. The number of benzene rings is 1. The Morgan fingerprint density at radius 3 is 2.64 bits per heavy atom. The molecule has 1 saturated carbocycles. The molecular formula is C17H18FN3S. The Morgan fingerprint density at radius 2 is 1.95 bits per heavy atom. The zero-order valence-corrected chi connectivity index (χ0v) is 13.2. The Kier molecular flexibility index (Phi) is 4.63. The minimum absolute atomic E-state index is 0.232. The normalized spacial score (nSPS) is 15.3. The molecule has 1 aromatic heterocycles. The Hall–Kier alpha value is -2.01. The van der Waals surface area contributed by atoms with Crippen LogP contribution >= 0.6 is 11.3 Å². The van der Waals surface area contributed by atoms with Gasteiger partial charge in [0.2, 0.25) is 4.80 Å². The van der Waals surface area contributed by atoms with Gasteiger partial charge >= 0.3 is 0 Å². The molecule has 0 spiro atoms. The van der Waals surface area contributed by atoms with Crippen LogP contribution in [-0.4, -0.2) is 16.9 Å². The number of rotatable bonds is 4. The number of nitrogens with zero attached hydrogens (tertiary/aromatic N) is 3. The van der Waals surface area contributed by atoms with Crippen LogP contribution in [0, 0.1) is 5.82 Å². The molecule has 0 bridgehead atoms. The highest BCUT2D eigenvalue weighted by molar-refractivity contribution is 7.07. The molecule has 0 N–H and O–H groups in total. The molecule has 0 unspecified atom stereocenters. The van der Waals surface area contributed by atoms with Crippen molar-refractivity contribution in [1.29, 1.82) is 0 Å². The molecular weight excluding hydrogens is 297 g/mol. The first-order valence-corrected chi connectivity index (χ1v) is 8.30. The summed E-state index contributed by atoms with van der Waals surface area (Å²) in [4.78, 5) is 5.36. The van der Waals surface area contributed by atoms with Crippen molar-refractivity contribution in [3.05, 3.63) is 52.9 Å². The van der Waals surface area contributed by atoms with Gasteiger partial charge in [0.15, 0.2) is 0 Å². The molecule has 2 aromatic rings. The largest absolute Gasteiger partial charge is 0.253 e. The van der Waals surface area contributed by atoms with Crippen LogP contribution in [0.3, 0.4) is 0 Å². The molecule has 1 aromatic carbocycles. The second kappa shape index (κ2) is 6.83. The topological polar surface area (TPSA) is 29.6 Å². The van der Waals surface area contributed by atoms with Gasteiger partial charge in [-0.3, -0.25) is 4.99 Å². The van der Waals surface area contributed by atoms with Crippen molar-refractivity contribution in [3.8, 4) is 11.3 Å². The van der Waals surface area contributed by atoms with Gasteiger partial charge in [0.25, 0.3) is 0 Å². The smallest absolute Gasteiger partial charge is 0.206 e. The summed E-state index contributed by atoms with van der Waals surface area (Å²) >= 11 is 1.55. The van der Waals surface area contributed by atoms with Crippen LogP contribution in [0.15, 0.2) is 52.4 Å². The Morgan fingerprint density at radius 1 is 1.23 bits per heavy atom. The lowest BCUT2D eigenvalue weighted by atomic mass is 10.2. The lowest BCUT2D eigenvalue weighted by molar-refractivity contribution is 0.628. The summed E-state index contributed by atoms with van der Waals surface area (Å²) in [5.41, 5.74) is 3.11. The zero-order valence-electron chi connectivity index (χ0n) is 12.3. The van der Waals surface area contributed by atoms with Crippen molar-refractivity contribution >= 4 is 17.0 Å². The fraction of sp³-hybridized carbons (Fsp3) is 0.294. The standard InChI is InChI=1S/C17H18FN3S/c1-2-11-19-17-21(20-15-5-3-4-6-15)16(12-22-17)13-7-9-14(18)10-8-13/h2,7-10,12H,1,3-6,11H2. The van der Waals surface area contributed by atoms with Gasteiger partial charge in [-0.2, -0.15) is 5.10 Å². The quantitative estimate of drug-likeness (QED) is 0.756. The first-order chi connectivity index (χ1) is 10.8. The monoisotopic (exact) mass is 315 g/mol. The van der Waals surface area contributed by atoms with Gasteiger partial charge in [-0.15, -0.1) is 17.9 Å². The molecule has 0 radical (unpaired) electrons. The van der Waals surface area contributed by atoms with Crippen LogP contribution in [0.4, 0.5) is 4.39 Å². The van der Waals surface area contributed by atoms with Crippen molar-refractivity contribution < 1.29 is 4.39 Å². The Balaban J connectivity index is 2.09. The maximum atomic E-state index is 13.1. The Labute approximate surface area is 133 Å². The molecule has 114 valence electrons. The summed E-state index contributed by atoms with van der Waals surface area (Å²) in [6.07, 6.45) is 6.27. The van der Waals surface area contributed by atoms with Gasteiger partial charge in [0.1, 0.15) is 5.82 Å². The predicted molar refractivity (Wildman–Crippen MR) is 89.6 cm³/mol. The zero-order chi connectivity index (χ0) is 15.4. The van der Waals surface area contributed by atoms with E-state index in [9.17, 15) is 4.39 Å². The third-order valence-corrected chi connectivity index (χ3v) is 4.46. The van der Waals surface area contributed by atoms with E-state index in [0.717, 1.165) is 28.9 Å². The van der Waals surface area contributed by atoms with Crippen LogP contribution in [0.25, 0.3) is 11.3 Å². The van der Waals surface area contributed by atoms with Gasteiger partial charge in [-0.05, 0) is 49.9 Å². The molecule has 1 aliphatic rings. The van der Waals surface area contributed by atoms with E-state index < -0.39 is 0 Å². The first-order valence-electron chi connectivity index (χ1n) is 7.42. The molecule has 5 heteroatoms. The van der Waals surface area contributed by atoms with Crippen LogP contribution in [0.1, 0.15) is 25.7 Å². The van der Waals surface area contributed by atoms with E-state index in [1.807, 2.05) is 10.1 Å². The number of halogens is 1. The van der Waals surface area contributed by atoms with E-state index in [0.29, 0.717) is 6.54 Å². The minimum Gasteiger partial charge on any atom is -0.253 e. The second-order valence-corrected chi connectivity index (χ2v) is 6.06.